The Bertz CT molecular complexity index is 380. The van der Waals surface area contributed by atoms with Gasteiger partial charge in [0.05, 0.1) is 0 Å². The Morgan fingerprint density at radius 1 is 1.24 bits per heavy atom. The van der Waals surface area contributed by atoms with E-state index in [1.54, 1.807) is 0 Å². The Labute approximate surface area is 104 Å². The summed E-state index contributed by atoms with van der Waals surface area (Å²) in [6.45, 7) is 6.94. The molecule has 0 fully saturated rings. The Balaban J connectivity index is 2.71. The lowest BCUT2D eigenvalue weighted by atomic mass is 9.92. The Morgan fingerprint density at radius 2 is 1.88 bits per heavy atom. The van der Waals surface area contributed by atoms with E-state index in [0.29, 0.717) is 6.42 Å². The second-order valence-corrected chi connectivity index (χ2v) is 5.47. The lowest BCUT2D eigenvalue weighted by Gasteiger charge is -2.18. The molecule has 0 aromatic heterocycles. The highest BCUT2D eigenvalue weighted by Gasteiger charge is 2.16. The van der Waals surface area contributed by atoms with Gasteiger partial charge in [-0.25, -0.2) is 0 Å². The van der Waals surface area contributed by atoms with Gasteiger partial charge in [0.1, 0.15) is 0 Å². The zero-order valence-electron chi connectivity index (χ0n) is 11.1. The van der Waals surface area contributed by atoms with Crippen molar-refractivity contribution in [3.63, 3.8) is 0 Å². The molecule has 0 atom stereocenters. The van der Waals surface area contributed by atoms with Crippen molar-refractivity contribution < 1.29 is 4.79 Å². The van der Waals surface area contributed by atoms with Gasteiger partial charge in [-0.3, -0.25) is 4.79 Å². The summed E-state index contributed by atoms with van der Waals surface area (Å²) >= 11 is 0. The second-order valence-electron chi connectivity index (χ2n) is 5.47. The van der Waals surface area contributed by atoms with E-state index in [4.69, 9.17) is 0 Å². The van der Waals surface area contributed by atoms with Crippen molar-refractivity contribution in [3.8, 4) is 0 Å². The Morgan fingerprint density at radius 3 is 2.47 bits per heavy atom. The van der Waals surface area contributed by atoms with Crippen molar-refractivity contribution in [2.45, 2.75) is 33.7 Å². The van der Waals surface area contributed by atoms with E-state index in [9.17, 15) is 4.79 Å². The minimum absolute atomic E-state index is 0.0159. The van der Waals surface area contributed by atoms with Gasteiger partial charge in [-0.15, -0.1) is 0 Å². The van der Waals surface area contributed by atoms with Crippen LogP contribution in [0.25, 0.3) is 0 Å². The lowest BCUT2D eigenvalue weighted by Crippen LogP contribution is -2.20. The van der Waals surface area contributed by atoms with E-state index in [-0.39, 0.29) is 11.3 Å². The van der Waals surface area contributed by atoms with Crippen molar-refractivity contribution in [2.24, 2.45) is 5.41 Å². The van der Waals surface area contributed by atoms with Gasteiger partial charge in [0.2, 0.25) is 5.91 Å². The molecular weight excluding hydrogens is 212 g/mol. The number of hydrogen-bond donors (Lipinski definition) is 2. The first kappa shape index (κ1) is 13.7. The zero-order valence-corrected chi connectivity index (χ0v) is 11.1. The third-order valence-electron chi connectivity index (χ3n) is 2.35. The third kappa shape index (κ3) is 5.00. The lowest BCUT2D eigenvalue weighted by molar-refractivity contribution is -0.117. The van der Waals surface area contributed by atoms with Crippen LogP contribution in [0.2, 0.25) is 0 Å². The number of benzene rings is 1. The fourth-order valence-electron chi connectivity index (χ4n) is 1.66. The van der Waals surface area contributed by atoms with Gasteiger partial charge in [0.25, 0.3) is 0 Å². The minimum atomic E-state index is 0.0159. The van der Waals surface area contributed by atoms with E-state index in [2.05, 4.69) is 31.4 Å². The maximum absolute atomic E-state index is 11.9. The number of nitrogens with one attached hydrogen (secondary N) is 2. The number of carbonyl (C=O) groups excluding carboxylic acids is 1. The molecule has 3 heteroatoms. The van der Waals surface area contributed by atoms with Crippen LogP contribution in [0.5, 0.6) is 0 Å². The molecule has 94 valence electrons. The van der Waals surface area contributed by atoms with Crippen LogP contribution in [-0.2, 0) is 11.3 Å². The minimum Gasteiger partial charge on any atom is -0.326 e. The number of anilines is 1. The van der Waals surface area contributed by atoms with Crippen LogP contribution < -0.4 is 10.6 Å². The summed E-state index contributed by atoms with van der Waals surface area (Å²) in [4.78, 5) is 11.9. The molecule has 0 heterocycles. The van der Waals surface area contributed by atoms with Crippen LogP contribution in [0, 0.1) is 5.41 Å². The molecule has 0 saturated carbocycles. The van der Waals surface area contributed by atoms with E-state index in [0.717, 1.165) is 17.8 Å². The van der Waals surface area contributed by atoms with Gasteiger partial charge in [0, 0.05) is 18.7 Å². The summed E-state index contributed by atoms with van der Waals surface area (Å²) in [6, 6.07) is 7.87. The highest BCUT2D eigenvalue weighted by Crippen LogP contribution is 2.21. The quantitative estimate of drug-likeness (QED) is 0.841. The van der Waals surface area contributed by atoms with Gasteiger partial charge in [-0.1, -0.05) is 39.0 Å². The van der Waals surface area contributed by atoms with Gasteiger partial charge in [-0.2, -0.15) is 0 Å². The number of para-hydroxylation sites is 1. The molecule has 0 aliphatic carbocycles. The van der Waals surface area contributed by atoms with E-state index >= 15 is 0 Å². The molecule has 1 aromatic rings. The molecule has 0 saturated heterocycles. The van der Waals surface area contributed by atoms with E-state index in [1.807, 2.05) is 31.3 Å². The number of carbonyl (C=O) groups is 1. The third-order valence-corrected chi connectivity index (χ3v) is 2.35. The molecule has 0 radical (unpaired) electrons. The van der Waals surface area contributed by atoms with Crippen molar-refractivity contribution in [1.82, 2.24) is 5.32 Å². The van der Waals surface area contributed by atoms with Crippen molar-refractivity contribution in [3.05, 3.63) is 29.8 Å². The molecule has 0 aliphatic heterocycles. The van der Waals surface area contributed by atoms with Crippen molar-refractivity contribution in [1.29, 1.82) is 0 Å². The average Bonchev–Trinajstić information content (AvgIpc) is 2.18. The summed E-state index contributed by atoms with van der Waals surface area (Å²) in [7, 11) is 1.90. The predicted molar refractivity (Wildman–Crippen MR) is 71.9 cm³/mol. The topological polar surface area (TPSA) is 41.1 Å². The predicted octanol–water partition coefficient (Wildman–Crippen LogP) is 2.78. The number of rotatable bonds is 4. The monoisotopic (exact) mass is 234 g/mol. The summed E-state index contributed by atoms with van der Waals surface area (Å²) in [6.07, 6.45) is 0.529. The van der Waals surface area contributed by atoms with Gasteiger partial charge < -0.3 is 10.6 Å². The molecule has 0 unspecified atom stereocenters. The maximum Gasteiger partial charge on any atom is 0.224 e. The molecule has 0 aliphatic rings. The van der Waals surface area contributed by atoms with Crippen LogP contribution >= 0.6 is 0 Å². The van der Waals surface area contributed by atoms with E-state index in [1.165, 1.54) is 0 Å². The number of amides is 1. The molecule has 3 nitrogen and oxygen atoms in total. The maximum atomic E-state index is 11.9. The first-order valence-corrected chi connectivity index (χ1v) is 5.95. The van der Waals surface area contributed by atoms with Crippen LogP contribution in [-0.4, -0.2) is 13.0 Å². The normalized spacial score (nSPS) is 11.3. The molecular formula is C14H22N2O. The van der Waals surface area contributed by atoms with Crippen LogP contribution in [0.3, 0.4) is 0 Å². The van der Waals surface area contributed by atoms with Crippen LogP contribution in [0.1, 0.15) is 32.8 Å². The van der Waals surface area contributed by atoms with Crippen LogP contribution in [0.15, 0.2) is 24.3 Å². The van der Waals surface area contributed by atoms with Gasteiger partial charge in [0.15, 0.2) is 0 Å². The largest absolute Gasteiger partial charge is 0.326 e. The molecule has 1 aromatic carbocycles. The molecule has 1 rings (SSSR count). The summed E-state index contributed by atoms with van der Waals surface area (Å²) in [5.41, 5.74) is 2.02. The summed E-state index contributed by atoms with van der Waals surface area (Å²) in [5.74, 6) is 0.0704. The summed E-state index contributed by atoms with van der Waals surface area (Å²) < 4.78 is 0. The number of hydrogen-bond acceptors (Lipinski definition) is 2. The molecule has 0 spiro atoms. The smallest absolute Gasteiger partial charge is 0.224 e. The second kappa shape index (κ2) is 5.82. The standard InChI is InChI=1S/C14H22N2O/c1-14(2,3)9-13(17)16-12-8-6-5-7-11(12)10-15-4/h5-8,15H,9-10H2,1-4H3,(H,16,17). The average molecular weight is 234 g/mol. The zero-order chi connectivity index (χ0) is 12.9. The fraction of sp³-hybridized carbons (Fsp3) is 0.500. The first-order chi connectivity index (χ1) is 7.92. The fourth-order valence-corrected chi connectivity index (χ4v) is 1.66. The molecule has 2 N–H and O–H groups in total. The Kier molecular flexibility index (Phi) is 4.70. The van der Waals surface area contributed by atoms with Crippen molar-refractivity contribution >= 4 is 11.6 Å². The van der Waals surface area contributed by atoms with Gasteiger partial charge in [-0.05, 0) is 24.1 Å². The van der Waals surface area contributed by atoms with Crippen molar-refractivity contribution in [2.75, 3.05) is 12.4 Å². The van der Waals surface area contributed by atoms with Gasteiger partial charge >= 0.3 is 0 Å². The molecule has 0 bridgehead atoms. The Hall–Kier alpha value is -1.35. The molecule has 17 heavy (non-hydrogen) atoms. The highest BCUT2D eigenvalue weighted by atomic mass is 16.1. The van der Waals surface area contributed by atoms with Crippen LogP contribution in [0.4, 0.5) is 5.69 Å². The first-order valence-electron chi connectivity index (χ1n) is 5.95. The molecule has 1 amide bonds. The van der Waals surface area contributed by atoms with E-state index < -0.39 is 0 Å². The SMILES string of the molecule is CNCc1ccccc1NC(=O)CC(C)(C)C. The highest BCUT2D eigenvalue weighted by molar-refractivity contribution is 5.91. The summed E-state index contributed by atoms with van der Waals surface area (Å²) in [5, 5.41) is 6.07.